The van der Waals surface area contributed by atoms with Gasteiger partial charge >= 0.3 is 0 Å². The molecule has 0 aromatic heterocycles. The van der Waals surface area contributed by atoms with Gasteiger partial charge in [0.05, 0.1) is 7.05 Å². The number of benzene rings is 2. The van der Waals surface area contributed by atoms with Crippen LogP contribution in [-0.2, 0) is 11.3 Å². The van der Waals surface area contributed by atoms with Crippen molar-refractivity contribution in [3.05, 3.63) is 59.2 Å². The first-order valence-electron chi connectivity index (χ1n) is 9.68. The molecular formula is C23H33N2OS+. The van der Waals surface area contributed by atoms with E-state index >= 15 is 0 Å². The van der Waals surface area contributed by atoms with Crippen molar-refractivity contribution in [1.82, 2.24) is 0 Å². The summed E-state index contributed by atoms with van der Waals surface area (Å²) in [5.41, 5.74) is 4.67. The zero-order valence-corrected chi connectivity index (χ0v) is 18.2. The van der Waals surface area contributed by atoms with Gasteiger partial charge in [-0.15, -0.1) is 11.8 Å². The standard InChI is InChI=1S/C23H32N2OS/c1-16(2)20-8-7-9-21(17(3)4)23(20)24-22(26)15-25(5)14-18-10-12-19(27-6)13-11-18/h7-13,16-17H,14-15H2,1-6H3,(H,24,26)/p+1. The number of rotatable bonds is 8. The first-order valence-corrected chi connectivity index (χ1v) is 10.9. The molecule has 2 aromatic carbocycles. The zero-order chi connectivity index (χ0) is 20.0. The molecule has 1 amide bonds. The molecule has 0 fully saturated rings. The van der Waals surface area contributed by atoms with Gasteiger partial charge in [-0.05, 0) is 41.4 Å². The highest BCUT2D eigenvalue weighted by molar-refractivity contribution is 7.98. The molecule has 4 heteroatoms. The molecule has 2 N–H and O–H groups in total. The van der Waals surface area contributed by atoms with Crippen LogP contribution in [0.4, 0.5) is 5.69 Å². The number of quaternary nitrogens is 1. The number of thioether (sulfide) groups is 1. The van der Waals surface area contributed by atoms with Gasteiger partial charge in [0, 0.05) is 16.1 Å². The number of nitrogens with one attached hydrogen (secondary N) is 2. The topological polar surface area (TPSA) is 33.5 Å². The Hall–Kier alpha value is -1.78. The van der Waals surface area contributed by atoms with E-state index in [9.17, 15) is 4.79 Å². The van der Waals surface area contributed by atoms with Crippen molar-refractivity contribution in [2.75, 3.05) is 25.2 Å². The van der Waals surface area contributed by atoms with Crippen molar-refractivity contribution >= 4 is 23.4 Å². The maximum Gasteiger partial charge on any atom is 0.279 e. The molecule has 1 unspecified atom stereocenters. The number of likely N-dealkylation sites (N-methyl/N-ethyl adjacent to an activating group) is 1. The molecular weight excluding hydrogens is 352 g/mol. The molecule has 146 valence electrons. The van der Waals surface area contributed by atoms with E-state index in [1.807, 2.05) is 0 Å². The highest BCUT2D eigenvalue weighted by atomic mass is 32.2. The number of hydrogen-bond donors (Lipinski definition) is 2. The third-order valence-corrected chi connectivity index (χ3v) is 5.51. The van der Waals surface area contributed by atoms with Gasteiger partial charge < -0.3 is 10.2 Å². The third kappa shape index (κ3) is 6.12. The smallest absolute Gasteiger partial charge is 0.279 e. The summed E-state index contributed by atoms with van der Waals surface area (Å²) in [6.07, 6.45) is 2.08. The average Bonchev–Trinajstić information content (AvgIpc) is 2.61. The lowest BCUT2D eigenvalue weighted by molar-refractivity contribution is -0.885. The minimum Gasteiger partial charge on any atom is -0.326 e. The lowest BCUT2D eigenvalue weighted by Crippen LogP contribution is -3.08. The molecule has 27 heavy (non-hydrogen) atoms. The number of hydrogen-bond acceptors (Lipinski definition) is 2. The van der Waals surface area contributed by atoms with E-state index in [2.05, 4.69) is 88.8 Å². The molecule has 0 aliphatic heterocycles. The van der Waals surface area contributed by atoms with E-state index < -0.39 is 0 Å². The Kier molecular flexibility index (Phi) is 7.93. The molecule has 2 rings (SSSR count). The molecule has 2 aromatic rings. The van der Waals surface area contributed by atoms with Crippen molar-refractivity contribution < 1.29 is 9.69 Å². The first-order chi connectivity index (χ1) is 12.8. The Labute approximate surface area is 168 Å². The van der Waals surface area contributed by atoms with Crippen LogP contribution >= 0.6 is 11.8 Å². The van der Waals surface area contributed by atoms with Crippen LogP contribution in [0.15, 0.2) is 47.4 Å². The maximum atomic E-state index is 12.7. The fourth-order valence-electron chi connectivity index (χ4n) is 3.31. The molecule has 0 heterocycles. The molecule has 0 spiro atoms. The van der Waals surface area contributed by atoms with Crippen LogP contribution in [0.25, 0.3) is 0 Å². The monoisotopic (exact) mass is 385 g/mol. The first kappa shape index (κ1) is 21.5. The van der Waals surface area contributed by atoms with Crippen LogP contribution in [0.5, 0.6) is 0 Å². The number of para-hydroxylation sites is 1. The lowest BCUT2D eigenvalue weighted by Gasteiger charge is -2.21. The molecule has 0 saturated carbocycles. The van der Waals surface area contributed by atoms with Crippen LogP contribution in [0, 0.1) is 0 Å². The number of amides is 1. The lowest BCUT2D eigenvalue weighted by atomic mass is 9.92. The van der Waals surface area contributed by atoms with E-state index in [4.69, 9.17) is 0 Å². The van der Waals surface area contributed by atoms with E-state index in [0.717, 1.165) is 12.2 Å². The van der Waals surface area contributed by atoms with E-state index in [-0.39, 0.29) is 5.91 Å². The molecule has 0 aliphatic rings. The predicted octanol–water partition coefficient (Wildman–Crippen LogP) is 4.31. The van der Waals surface area contributed by atoms with Gasteiger partial charge in [0.15, 0.2) is 6.54 Å². The molecule has 0 aliphatic carbocycles. The summed E-state index contributed by atoms with van der Waals surface area (Å²) in [7, 11) is 2.07. The largest absolute Gasteiger partial charge is 0.326 e. The summed E-state index contributed by atoms with van der Waals surface area (Å²) in [4.78, 5) is 15.2. The molecule has 1 atom stereocenters. The predicted molar refractivity (Wildman–Crippen MR) is 117 cm³/mol. The van der Waals surface area contributed by atoms with Crippen LogP contribution < -0.4 is 10.2 Å². The number of carbonyl (C=O) groups excluding carboxylic acids is 1. The fourth-order valence-corrected chi connectivity index (χ4v) is 3.72. The number of anilines is 1. The van der Waals surface area contributed by atoms with E-state index in [0.29, 0.717) is 18.4 Å². The molecule has 0 bridgehead atoms. The average molecular weight is 386 g/mol. The Bertz CT molecular complexity index is 727. The van der Waals surface area contributed by atoms with Crippen molar-refractivity contribution in [3.63, 3.8) is 0 Å². The minimum absolute atomic E-state index is 0.0724. The van der Waals surface area contributed by atoms with Crippen molar-refractivity contribution in [3.8, 4) is 0 Å². The minimum atomic E-state index is 0.0724. The van der Waals surface area contributed by atoms with Gasteiger partial charge in [-0.25, -0.2) is 0 Å². The third-order valence-electron chi connectivity index (χ3n) is 4.76. The summed E-state index contributed by atoms with van der Waals surface area (Å²) in [6, 6.07) is 14.9. The van der Waals surface area contributed by atoms with Crippen LogP contribution in [0.2, 0.25) is 0 Å². The Morgan fingerprint density at radius 2 is 1.56 bits per heavy atom. The van der Waals surface area contributed by atoms with Gasteiger partial charge in [0.25, 0.3) is 5.91 Å². The van der Waals surface area contributed by atoms with E-state index in [1.54, 1.807) is 11.8 Å². The highest BCUT2D eigenvalue weighted by Crippen LogP contribution is 2.32. The molecule has 0 radical (unpaired) electrons. The van der Waals surface area contributed by atoms with Crippen molar-refractivity contribution in [2.45, 2.75) is 51.0 Å². The zero-order valence-electron chi connectivity index (χ0n) is 17.4. The molecule has 3 nitrogen and oxygen atoms in total. The highest BCUT2D eigenvalue weighted by Gasteiger charge is 2.18. The molecule has 0 saturated heterocycles. The summed E-state index contributed by atoms with van der Waals surface area (Å²) in [5.74, 6) is 0.821. The van der Waals surface area contributed by atoms with Gasteiger partial charge in [0.1, 0.15) is 6.54 Å². The summed E-state index contributed by atoms with van der Waals surface area (Å²) in [6.45, 7) is 9.98. The second-order valence-corrected chi connectivity index (χ2v) is 8.71. The van der Waals surface area contributed by atoms with Gasteiger partial charge in [-0.1, -0.05) is 58.0 Å². The Morgan fingerprint density at radius 3 is 2.04 bits per heavy atom. The summed E-state index contributed by atoms with van der Waals surface area (Å²) < 4.78 is 0. The quantitative estimate of drug-likeness (QED) is 0.664. The van der Waals surface area contributed by atoms with Crippen LogP contribution in [0.1, 0.15) is 56.2 Å². The van der Waals surface area contributed by atoms with Crippen LogP contribution in [0.3, 0.4) is 0 Å². The van der Waals surface area contributed by atoms with E-state index in [1.165, 1.54) is 26.5 Å². The van der Waals surface area contributed by atoms with Crippen molar-refractivity contribution in [1.29, 1.82) is 0 Å². The fraction of sp³-hybridized carbons (Fsp3) is 0.435. The van der Waals surface area contributed by atoms with Crippen molar-refractivity contribution in [2.24, 2.45) is 0 Å². The van der Waals surface area contributed by atoms with Gasteiger partial charge in [0.2, 0.25) is 0 Å². The SMILES string of the molecule is CSc1ccc(C[NH+](C)CC(=O)Nc2c(C(C)C)cccc2C(C)C)cc1. The van der Waals surface area contributed by atoms with Gasteiger partial charge in [-0.3, -0.25) is 4.79 Å². The maximum absolute atomic E-state index is 12.7. The summed E-state index contributed by atoms with van der Waals surface area (Å²) in [5, 5.41) is 3.21. The second kappa shape index (κ2) is 9.95. The number of carbonyl (C=O) groups is 1. The second-order valence-electron chi connectivity index (χ2n) is 7.83. The summed E-state index contributed by atoms with van der Waals surface area (Å²) >= 11 is 1.74. The van der Waals surface area contributed by atoms with Gasteiger partial charge in [-0.2, -0.15) is 0 Å². The Balaban J connectivity index is 2.06. The normalized spacial score (nSPS) is 12.4. The van der Waals surface area contributed by atoms with Crippen LogP contribution in [-0.4, -0.2) is 25.8 Å². The Morgan fingerprint density at radius 1 is 1.00 bits per heavy atom.